The Morgan fingerprint density at radius 3 is 2.00 bits per heavy atom. The molecule has 0 bridgehead atoms. The highest BCUT2D eigenvalue weighted by Gasteiger charge is 2.24. The highest BCUT2D eigenvalue weighted by atomic mass is 16.5. The van der Waals surface area contributed by atoms with Gasteiger partial charge in [-0.3, -0.25) is 9.59 Å². The summed E-state index contributed by atoms with van der Waals surface area (Å²) in [6, 6.07) is 23.3. The molecule has 1 aromatic heterocycles. The van der Waals surface area contributed by atoms with Gasteiger partial charge in [-0.15, -0.1) is 0 Å². The fourth-order valence-corrected chi connectivity index (χ4v) is 2.97. The molecule has 3 aromatic rings. The van der Waals surface area contributed by atoms with Gasteiger partial charge in [0.05, 0.1) is 0 Å². The molecule has 0 saturated heterocycles. The number of hydrogen-bond acceptors (Lipinski definition) is 3. The molecular formula is C22H19NO3. The van der Waals surface area contributed by atoms with Crippen LogP contribution in [0.4, 0.5) is 0 Å². The first-order valence-electron chi connectivity index (χ1n) is 8.49. The van der Waals surface area contributed by atoms with Crippen LogP contribution in [-0.4, -0.2) is 11.6 Å². The van der Waals surface area contributed by atoms with Gasteiger partial charge >= 0.3 is 0 Å². The summed E-state index contributed by atoms with van der Waals surface area (Å²) in [5.41, 5.74) is 1.64. The topological polar surface area (TPSA) is 61.1 Å². The van der Waals surface area contributed by atoms with Crippen molar-refractivity contribution in [2.45, 2.75) is 18.8 Å². The van der Waals surface area contributed by atoms with Crippen molar-refractivity contribution in [2.75, 3.05) is 0 Å². The first-order chi connectivity index (χ1) is 12.6. The Kier molecular flexibility index (Phi) is 5.54. The van der Waals surface area contributed by atoms with Gasteiger partial charge in [-0.1, -0.05) is 60.7 Å². The van der Waals surface area contributed by atoms with E-state index in [1.807, 2.05) is 48.5 Å². The highest BCUT2D eigenvalue weighted by molar-refractivity contribution is 5.98. The molecule has 0 radical (unpaired) electrons. The third-order valence-corrected chi connectivity index (χ3v) is 4.34. The Morgan fingerprint density at radius 1 is 0.769 bits per heavy atom. The first-order valence-corrected chi connectivity index (χ1v) is 8.49. The Morgan fingerprint density at radius 2 is 1.35 bits per heavy atom. The fourth-order valence-electron chi connectivity index (χ4n) is 2.97. The van der Waals surface area contributed by atoms with Crippen LogP contribution < -0.4 is 4.73 Å². The third-order valence-electron chi connectivity index (χ3n) is 4.34. The van der Waals surface area contributed by atoms with Gasteiger partial charge in [0, 0.05) is 30.5 Å². The van der Waals surface area contributed by atoms with Gasteiger partial charge in [-0.05, 0) is 17.5 Å². The van der Waals surface area contributed by atoms with E-state index in [0.717, 1.165) is 5.56 Å². The van der Waals surface area contributed by atoms with Gasteiger partial charge in [0.2, 0.25) is 5.78 Å². The van der Waals surface area contributed by atoms with Crippen LogP contribution in [0.5, 0.6) is 0 Å². The van der Waals surface area contributed by atoms with Crippen LogP contribution in [0.2, 0.25) is 0 Å². The lowest BCUT2D eigenvalue weighted by Crippen LogP contribution is -2.34. The molecule has 1 atom stereocenters. The summed E-state index contributed by atoms with van der Waals surface area (Å²) in [4.78, 5) is 25.3. The molecule has 2 aromatic carbocycles. The van der Waals surface area contributed by atoms with Crippen molar-refractivity contribution in [3.05, 3.63) is 107 Å². The Bertz CT molecular complexity index is 892. The molecule has 0 aliphatic heterocycles. The van der Waals surface area contributed by atoms with Crippen molar-refractivity contribution in [1.29, 1.82) is 0 Å². The van der Waals surface area contributed by atoms with E-state index in [9.17, 15) is 14.8 Å². The van der Waals surface area contributed by atoms with Crippen LogP contribution in [0.3, 0.4) is 0 Å². The molecule has 0 N–H and O–H groups in total. The van der Waals surface area contributed by atoms with Crippen LogP contribution in [-0.2, 0) is 0 Å². The molecule has 4 nitrogen and oxygen atoms in total. The van der Waals surface area contributed by atoms with Gasteiger partial charge in [-0.25, -0.2) is 0 Å². The summed E-state index contributed by atoms with van der Waals surface area (Å²) in [6.07, 6.45) is 1.63. The van der Waals surface area contributed by atoms with Crippen molar-refractivity contribution in [1.82, 2.24) is 0 Å². The number of pyridine rings is 1. The van der Waals surface area contributed by atoms with Crippen molar-refractivity contribution in [3.63, 3.8) is 0 Å². The van der Waals surface area contributed by atoms with E-state index in [-0.39, 0.29) is 36.0 Å². The highest BCUT2D eigenvalue weighted by Crippen LogP contribution is 2.26. The molecule has 0 aliphatic rings. The second-order valence-electron chi connectivity index (χ2n) is 6.14. The Labute approximate surface area is 152 Å². The summed E-state index contributed by atoms with van der Waals surface area (Å²) >= 11 is 0. The minimum atomic E-state index is -0.281. The minimum Gasteiger partial charge on any atom is -0.618 e. The molecule has 26 heavy (non-hydrogen) atoms. The summed E-state index contributed by atoms with van der Waals surface area (Å²) in [6.45, 7) is 0. The number of benzene rings is 2. The summed E-state index contributed by atoms with van der Waals surface area (Å²) in [7, 11) is 0. The minimum absolute atomic E-state index is 0.0182. The number of ketones is 2. The maximum absolute atomic E-state index is 12.6. The van der Waals surface area contributed by atoms with E-state index in [2.05, 4.69) is 0 Å². The van der Waals surface area contributed by atoms with Crippen LogP contribution in [0.15, 0.2) is 85.1 Å². The van der Waals surface area contributed by atoms with Crippen molar-refractivity contribution in [2.24, 2.45) is 0 Å². The van der Waals surface area contributed by atoms with Crippen molar-refractivity contribution < 1.29 is 14.3 Å². The maximum atomic E-state index is 12.6. The largest absolute Gasteiger partial charge is 0.618 e. The Balaban J connectivity index is 1.84. The second-order valence-corrected chi connectivity index (χ2v) is 6.14. The third kappa shape index (κ3) is 4.22. The van der Waals surface area contributed by atoms with Gasteiger partial charge in [-0.2, -0.15) is 4.73 Å². The van der Waals surface area contributed by atoms with Gasteiger partial charge in [0.25, 0.3) is 5.69 Å². The number of carbonyl (C=O) groups is 2. The molecule has 4 heteroatoms. The zero-order valence-electron chi connectivity index (χ0n) is 14.2. The summed E-state index contributed by atoms with van der Waals surface area (Å²) < 4.78 is 0.573. The van der Waals surface area contributed by atoms with E-state index in [0.29, 0.717) is 10.3 Å². The lowest BCUT2D eigenvalue weighted by molar-refractivity contribution is -0.607. The lowest BCUT2D eigenvalue weighted by atomic mass is 9.87. The average molecular weight is 345 g/mol. The van der Waals surface area contributed by atoms with E-state index < -0.39 is 0 Å². The van der Waals surface area contributed by atoms with E-state index in [1.165, 1.54) is 12.3 Å². The SMILES string of the molecule is O=C(C[C@H](CC(=O)c1cccc[n+]1[O-])c1ccccc1)c1ccccc1. The van der Waals surface area contributed by atoms with Gasteiger partial charge < -0.3 is 5.21 Å². The van der Waals surface area contributed by atoms with Crippen molar-refractivity contribution >= 4 is 11.6 Å². The van der Waals surface area contributed by atoms with Crippen LogP contribution in [0.25, 0.3) is 0 Å². The van der Waals surface area contributed by atoms with Crippen molar-refractivity contribution in [3.8, 4) is 0 Å². The normalized spacial score (nSPS) is 11.7. The number of hydrogen-bond donors (Lipinski definition) is 0. The molecule has 0 unspecified atom stereocenters. The molecular weight excluding hydrogens is 326 g/mol. The summed E-state index contributed by atoms with van der Waals surface area (Å²) in [5.74, 6) is -0.567. The molecule has 0 amide bonds. The smallest absolute Gasteiger partial charge is 0.259 e. The zero-order valence-corrected chi connectivity index (χ0v) is 14.2. The predicted molar refractivity (Wildman–Crippen MR) is 98.9 cm³/mol. The Hall–Kier alpha value is -3.27. The number of aromatic nitrogens is 1. The van der Waals surface area contributed by atoms with E-state index in [4.69, 9.17) is 0 Å². The number of nitrogens with zero attached hydrogens (tertiary/aromatic N) is 1. The molecule has 0 spiro atoms. The maximum Gasteiger partial charge on any atom is 0.259 e. The van der Waals surface area contributed by atoms with Crippen LogP contribution in [0, 0.1) is 5.21 Å². The molecule has 3 rings (SSSR count). The number of Topliss-reactive ketones (excluding diaryl/α,β-unsaturated/α-hetero) is 2. The second kappa shape index (κ2) is 8.21. The summed E-state index contributed by atoms with van der Waals surface area (Å²) in [5, 5.41) is 11.9. The van der Waals surface area contributed by atoms with E-state index in [1.54, 1.807) is 24.3 Å². The number of rotatable bonds is 7. The van der Waals surface area contributed by atoms with Crippen LogP contribution >= 0.6 is 0 Å². The van der Waals surface area contributed by atoms with Gasteiger partial charge in [0.15, 0.2) is 12.0 Å². The predicted octanol–water partition coefficient (Wildman–Crippen LogP) is 3.95. The van der Waals surface area contributed by atoms with Crippen LogP contribution in [0.1, 0.15) is 45.2 Å². The molecule has 1 heterocycles. The quantitative estimate of drug-likeness (QED) is 0.370. The van der Waals surface area contributed by atoms with Gasteiger partial charge in [0.1, 0.15) is 0 Å². The standard InChI is InChI=1S/C22H19NO3/c24-21(18-11-5-2-6-12-18)15-19(17-9-3-1-4-10-17)16-22(25)20-13-7-8-14-23(20)26/h1-14,19H,15-16H2/t19-/m1/s1. The molecule has 130 valence electrons. The average Bonchev–Trinajstić information content (AvgIpc) is 2.69. The lowest BCUT2D eigenvalue weighted by Gasteiger charge is -2.16. The molecule has 0 aliphatic carbocycles. The first kappa shape index (κ1) is 17.5. The number of carbonyl (C=O) groups excluding carboxylic acids is 2. The van der Waals surface area contributed by atoms with E-state index >= 15 is 0 Å². The molecule has 0 saturated carbocycles. The monoisotopic (exact) mass is 345 g/mol. The molecule has 0 fully saturated rings. The zero-order chi connectivity index (χ0) is 18.4. The fraction of sp³-hybridized carbons (Fsp3) is 0.136.